The average Bonchev–Trinajstić information content (AvgIpc) is 2.01. The van der Waals surface area contributed by atoms with Crippen LogP contribution in [0, 0.1) is 0 Å². The fourth-order valence-electron chi connectivity index (χ4n) is 1.10. The number of ether oxygens (including phenoxy) is 1. The van der Waals surface area contributed by atoms with Gasteiger partial charge in [0.05, 0.1) is 6.54 Å². The van der Waals surface area contributed by atoms with Crippen LogP contribution in [0.2, 0.25) is 0 Å². The smallest absolute Gasteiger partial charge is 0.410 e. The Kier molecular flexibility index (Phi) is 3.64. The fraction of sp³-hybridized carbons (Fsp3) is 0.889. The molecular weight excluding hydrogens is 205 g/mol. The molecule has 1 amide bonds. The molecular formula is C9H16FNO2S. The Hall–Kier alpha value is -0.450. The molecule has 0 saturated carbocycles. The number of hydrogen-bond donors (Lipinski definition) is 0. The number of rotatable bonds is 0. The van der Waals surface area contributed by atoms with Crippen molar-refractivity contribution in [3.05, 3.63) is 0 Å². The highest BCUT2D eigenvalue weighted by Gasteiger charge is 2.27. The molecule has 0 aromatic heterocycles. The summed E-state index contributed by atoms with van der Waals surface area (Å²) in [6, 6.07) is 0. The maximum Gasteiger partial charge on any atom is 0.410 e. The average molecular weight is 221 g/mol. The van der Waals surface area contributed by atoms with Gasteiger partial charge in [-0.3, -0.25) is 0 Å². The zero-order valence-electron chi connectivity index (χ0n) is 8.75. The summed E-state index contributed by atoms with van der Waals surface area (Å²) in [4.78, 5) is 12.9. The second-order valence-corrected chi connectivity index (χ2v) is 5.46. The van der Waals surface area contributed by atoms with Crippen LogP contribution < -0.4 is 0 Å². The molecule has 1 unspecified atom stereocenters. The van der Waals surface area contributed by atoms with Gasteiger partial charge in [-0.25, -0.2) is 9.18 Å². The van der Waals surface area contributed by atoms with Gasteiger partial charge in [0.1, 0.15) is 5.60 Å². The van der Waals surface area contributed by atoms with Crippen LogP contribution >= 0.6 is 11.8 Å². The highest BCUT2D eigenvalue weighted by atomic mass is 32.2. The number of carbonyl (C=O) groups is 1. The molecule has 1 rings (SSSR count). The second kappa shape index (κ2) is 4.38. The lowest BCUT2D eigenvalue weighted by molar-refractivity contribution is 0.0235. The quantitative estimate of drug-likeness (QED) is 0.628. The standard InChI is InChI=1S/C9H16FNO2S/c1-9(2,3)13-8(12)11-4-5-14-7(10)6-11/h7H,4-6H2,1-3H3. The molecule has 1 atom stereocenters. The number of carbonyl (C=O) groups excluding carboxylic acids is 1. The summed E-state index contributed by atoms with van der Waals surface area (Å²) < 4.78 is 18.1. The van der Waals surface area contributed by atoms with Crippen LogP contribution in [0.5, 0.6) is 0 Å². The van der Waals surface area contributed by atoms with E-state index in [4.69, 9.17) is 4.74 Å². The molecule has 1 fully saturated rings. The lowest BCUT2D eigenvalue weighted by atomic mass is 10.2. The maximum atomic E-state index is 12.9. The Morgan fingerprint density at radius 3 is 2.71 bits per heavy atom. The lowest BCUT2D eigenvalue weighted by Crippen LogP contribution is -2.43. The monoisotopic (exact) mass is 221 g/mol. The van der Waals surface area contributed by atoms with Gasteiger partial charge in [-0.1, -0.05) is 0 Å². The van der Waals surface area contributed by atoms with Gasteiger partial charge in [0.25, 0.3) is 0 Å². The summed E-state index contributed by atoms with van der Waals surface area (Å²) in [6.07, 6.45) is -0.416. The number of thioether (sulfide) groups is 1. The predicted molar refractivity (Wildman–Crippen MR) is 55.2 cm³/mol. The van der Waals surface area contributed by atoms with Crippen LogP contribution in [0.4, 0.5) is 9.18 Å². The molecule has 0 aromatic carbocycles. The van der Waals surface area contributed by atoms with Crippen molar-refractivity contribution in [2.45, 2.75) is 31.9 Å². The van der Waals surface area contributed by atoms with Gasteiger partial charge in [0.15, 0.2) is 5.50 Å². The number of amides is 1. The minimum absolute atomic E-state index is 0.138. The summed E-state index contributed by atoms with van der Waals surface area (Å²) >= 11 is 1.24. The van der Waals surface area contributed by atoms with Gasteiger partial charge < -0.3 is 9.64 Å². The van der Waals surface area contributed by atoms with Crippen molar-refractivity contribution >= 4 is 17.9 Å². The van der Waals surface area contributed by atoms with Crippen LogP contribution in [0.1, 0.15) is 20.8 Å². The highest BCUT2D eigenvalue weighted by Crippen LogP contribution is 2.21. The van der Waals surface area contributed by atoms with E-state index >= 15 is 0 Å². The van der Waals surface area contributed by atoms with Crippen molar-refractivity contribution in [1.29, 1.82) is 0 Å². The van der Waals surface area contributed by atoms with Gasteiger partial charge in [-0.05, 0) is 20.8 Å². The van der Waals surface area contributed by atoms with Crippen LogP contribution in [-0.4, -0.2) is 40.9 Å². The molecule has 1 saturated heterocycles. The van der Waals surface area contributed by atoms with E-state index in [1.54, 1.807) is 20.8 Å². The first-order valence-electron chi connectivity index (χ1n) is 4.62. The summed E-state index contributed by atoms with van der Waals surface area (Å²) in [5.41, 5.74) is -1.48. The Balaban J connectivity index is 2.44. The molecule has 0 bridgehead atoms. The molecule has 3 nitrogen and oxygen atoms in total. The number of hydrogen-bond acceptors (Lipinski definition) is 3. The van der Waals surface area contributed by atoms with E-state index in [0.717, 1.165) is 0 Å². The van der Waals surface area contributed by atoms with E-state index in [1.165, 1.54) is 16.7 Å². The van der Waals surface area contributed by atoms with Gasteiger partial charge in [0, 0.05) is 12.3 Å². The molecule has 0 spiro atoms. The van der Waals surface area contributed by atoms with Crippen molar-refractivity contribution in [3.63, 3.8) is 0 Å². The number of nitrogens with zero attached hydrogens (tertiary/aromatic N) is 1. The van der Waals surface area contributed by atoms with Crippen molar-refractivity contribution < 1.29 is 13.9 Å². The van der Waals surface area contributed by atoms with Crippen molar-refractivity contribution in [2.75, 3.05) is 18.8 Å². The number of alkyl halides is 1. The number of halogens is 1. The first-order valence-corrected chi connectivity index (χ1v) is 5.67. The van der Waals surface area contributed by atoms with Crippen molar-refractivity contribution in [2.24, 2.45) is 0 Å². The fourth-order valence-corrected chi connectivity index (χ4v) is 1.97. The molecule has 0 aromatic rings. The summed E-state index contributed by atoms with van der Waals surface area (Å²) in [5, 5.41) is 0. The van der Waals surface area contributed by atoms with Crippen LogP contribution in [0.3, 0.4) is 0 Å². The molecule has 14 heavy (non-hydrogen) atoms. The van der Waals surface area contributed by atoms with Crippen LogP contribution in [0.15, 0.2) is 0 Å². The van der Waals surface area contributed by atoms with Gasteiger partial charge in [0.2, 0.25) is 0 Å². The van der Waals surface area contributed by atoms with E-state index < -0.39 is 17.2 Å². The molecule has 0 radical (unpaired) electrons. The Morgan fingerprint density at radius 2 is 2.21 bits per heavy atom. The van der Waals surface area contributed by atoms with Gasteiger partial charge in [-0.15, -0.1) is 11.8 Å². The van der Waals surface area contributed by atoms with E-state index in [1.807, 2.05) is 0 Å². The third kappa shape index (κ3) is 3.74. The zero-order valence-corrected chi connectivity index (χ0v) is 9.57. The molecule has 5 heteroatoms. The molecule has 1 heterocycles. The highest BCUT2D eigenvalue weighted by molar-refractivity contribution is 7.99. The van der Waals surface area contributed by atoms with Crippen molar-refractivity contribution in [1.82, 2.24) is 4.90 Å². The van der Waals surface area contributed by atoms with Crippen molar-refractivity contribution in [3.8, 4) is 0 Å². The predicted octanol–water partition coefficient (Wildman–Crippen LogP) is 2.27. The third-order valence-electron chi connectivity index (χ3n) is 1.68. The normalized spacial score (nSPS) is 23.4. The summed E-state index contributed by atoms with van der Waals surface area (Å²) in [6.45, 7) is 6.11. The van der Waals surface area contributed by atoms with E-state index in [0.29, 0.717) is 12.3 Å². The first kappa shape index (κ1) is 11.6. The topological polar surface area (TPSA) is 29.5 Å². The Morgan fingerprint density at radius 1 is 1.57 bits per heavy atom. The minimum atomic E-state index is -0.976. The van der Waals surface area contributed by atoms with E-state index in [9.17, 15) is 9.18 Å². The lowest BCUT2D eigenvalue weighted by Gasteiger charge is -2.30. The molecule has 82 valence electrons. The largest absolute Gasteiger partial charge is 0.444 e. The minimum Gasteiger partial charge on any atom is -0.444 e. The third-order valence-corrected chi connectivity index (χ3v) is 2.60. The maximum absolute atomic E-state index is 12.9. The van der Waals surface area contributed by atoms with E-state index in [2.05, 4.69) is 0 Å². The Labute approximate surface area is 88.0 Å². The SMILES string of the molecule is CC(C)(C)OC(=O)N1CCSC(F)C1. The van der Waals surface area contributed by atoms with Gasteiger partial charge in [-0.2, -0.15) is 0 Å². The van der Waals surface area contributed by atoms with Crippen LogP contribution in [0.25, 0.3) is 0 Å². The molecule has 0 N–H and O–H groups in total. The first-order chi connectivity index (χ1) is 6.38. The summed E-state index contributed by atoms with van der Waals surface area (Å²) in [5.74, 6) is 0.639. The summed E-state index contributed by atoms with van der Waals surface area (Å²) in [7, 11) is 0. The molecule has 1 aliphatic heterocycles. The van der Waals surface area contributed by atoms with E-state index in [-0.39, 0.29) is 6.54 Å². The van der Waals surface area contributed by atoms with Crippen LogP contribution in [-0.2, 0) is 4.74 Å². The molecule has 1 aliphatic rings. The molecule has 0 aliphatic carbocycles. The zero-order chi connectivity index (χ0) is 10.8. The van der Waals surface area contributed by atoms with Gasteiger partial charge >= 0.3 is 6.09 Å². The Bertz CT molecular complexity index is 217. The second-order valence-electron chi connectivity index (χ2n) is 4.21.